The molecule has 0 aromatic rings. The van der Waals surface area contributed by atoms with Crippen molar-refractivity contribution in [1.82, 2.24) is 0 Å². The van der Waals surface area contributed by atoms with E-state index < -0.39 is 14.5 Å². The maximum Gasteiger partial charge on any atom is 0.464 e. The monoisotopic (exact) mass is 184 g/mol. The molecule has 2 heteroatoms. The van der Waals surface area contributed by atoms with Crippen LogP contribution >= 0.6 is 0 Å². The summed E-state index contributed by atoms with van der Waals surface area (Å²) in [6, 6.07) is 0. The maximum atomic E-state index is 5.93. The van der Waals surface area contributed by atoms with Crippen molar-refractivity contribution >= 4 is 14.5 Å². The van der Waals surface area contributed by atoms with Crippen LogP contribution in [-0.4, -0.2) is 21.1 Å². The predicted molar refractivity (Wildman–Crippen MR) is 54.6 cm³/mol. The zero-order valence-electron chi connectivity index (χ0n) is 8.68. The van der Waals surface area contributed by atoms with Crippen LogP contribution < -0.4 is 0 Å². The van der Waals surface area contributed by atoms with Crippen LogP contribution in [0.4, 0.5) is 0 Å². The largest absolute Gasteiger partial charge is 0.500 e. The standard InChI is InChI=1S/C6H13.C4H8O.Al/c1-4-5-6(2)3;1-2-3-4-5;/h5-6H,4H2,1-3H3;1-4H2;/q;-1;+1. The molecule has 0 radical (unpaired) electrons. The van der Waals surface area contributed by atoms with Crippen LogP contribution in [0.5, 0.6) is 0 Å². The Hall–Kier alpha value is 0.492. The molecular formula is C10H21AlO. The van der Waals surface area contributed by atoms with Crippen LogP contribution in [-0.2, 0) is 3.79 Å². The van der Waals surface area contributed by atoms with Gasteiger partial charge in [0.1, 0.15) is 0 Å². The van der Waals surface area contributed by atoms with Gasteiger partial charge in [-0.1, -0.05) is 49.6 Å². The Balaban J connectivity index is 2.40. The molecule has 1 atom stereocenters. The second-order valence-electron chi connectivity index (χ2n) is 4.22. The third-order valence-corrected chi connectivity index (χ3v) is 6.86. The average Bonchev–Trinajstić information content (AvgIpc) is 2.07. The molecule has 1 nitrogen and oxygen atoms in total. The Morgan fingerprint density at radius 2 is 2.08 bits per heavy atom. The lowest BCUT2D eigenvalue weighted by atomic mass is 10.1. The lowest BCUT2D eigenvalue weighted by Crippen LogP contribution is -2.31. The van der Waals surface area contributed by atoms with Crippen LogP contribution in [0.2, 0.25) is 10.1 Å². The predicted octanol–water partition coefficient (Wildman–Crippen LogP) is 3.22. The highest BCUT2D eigenvalue weighted by atomic mass is 27.2. The third-order valence-electron chi connectivity index (χ3n) is 3.02. The Morgan fingerprint density at radius 1 is 1.33 bits per heavy atom. The van der Waals surface area contributed by atoms with Crippen molar-refractivity contribution in [2.24, 2.45) is 5.92 Å². The normalized spacial score (nSPS) is 21.5. The first-order chi connectivity index (χ1) is 5.75. The summed E-state index contributed by atoms with van der Waals surface area (Å²) in [5.74, 6) is 0.838. The fourth-order valence-corrected chi connectivity index (χ4v) is 5.65. The molecule has 0 N–H and O–H groups in total. The molecule has 1 aliphatic rings. The molecular weight excluding hydrogens is 163 g/mol. The van der Waals surface area contributed by atoms with Gasteiger partial charge in [0.05, 0.1) is 0 Å². The summed E-state index contributed by atoms with van der Waals surface area (Å²) in [6.07, 6.45) is 4.06. The zero-order valence-corrected chi connectivity index (χ0v) is 9.83. The van der Waals surface area contributed by atoms with Gasteiger partial charge < -0.3 is 3.79 Å². The van der Waals surface area contributed by atoms with E-state index in [1.807, 2.05) is 0 Å². The van der Waals surface area contributed by atoms with Gasteiger partial charge in [-0.15, -0.1) is 0 Å². The SMILES string of the molecule is CC[CH](C(C)C)[Al]1[CH2]CCC[O]1. The molecule has 70 valence electrons. The molecule has 0 saturated carbocycles. The van der Waals surface area contributed by atoms with E-state index >= 15 is 0 Å². The molecule has 1 fully saturated rings. The van der Waals surface area contributed by atoms with Gasteiger partial charge in [-0.05, 0) is 6.42 Å². The first-order valence-corrected chi connectivity index (χ1v) is 7.32. The molecule has 0 aromatic heterocycles. The summed E-state index contributed by atoms with van der Waals surface area (Å²) >= 11 is -0.799. The second kappa shape index (κ2) is 5.27. The van der Waals surface area contributed by atoms with E-state index in [0.29, 0.717) is 0 Å². The average molecular weight is 184 g/mol. The first kappa shape index (κ1) is 10.6. The molecule has 1 saturated heterocycles. The van der Waals surface area contributed by atoms with Crippen molar-refractivity contribution in [2.75, 3.05) is 6.61 Å². The Labute approximate surface area is 81.2 Å². The van der Waals surface area contributed by atoms with E-state index in [1.54, 1.807) is 0 Å². The van der Waals surface area contributed by atoms with Crippen molar-refractivity contribution in [2.45, 2.75) is 50.1 Å². The quantitative estimate of drug-likeness (QED) is 0.612. The molecule has 1 unspecified atom stereocenters. The van der Waals surface area contributed by atoms with Crippen LogP contribution in [0.3, 0.4) is 0 Å². The smallest absolute Gasteiger partial charge is 0.464 e. The maximum absolute atomic E-state index is 5.93. The number of rotatable bonds is 3. The summed E-state index contributed by atoms with van der Waals surface area (Å²) in [7, 11) is 0. The molecule has 0 bridgehead atoms. The van der Waals surface area contributed by atoms with Gasteiger partial charge in [-0.25, -0.2) is 0 Å². The van der Waals surface area contributed by atoms with Crippen LogP contribution in [0, 0.1) is 5.92 Å². The summed E-state index contributed by atoms with van der Waals surface area (Å²) in [5.41, 5.74) is 0. The highest BCUT2D eigenvalue weighted by molar-refractivity contribution is 6.53. The van der Waals surface area contributed by atoms with E-state index in [9.17, 15) is 0 Å². The molecule has 1 heterocycles. The minimum Gasteiger partial charge on any atom is -0.500 e. The molecule has 0 aliphatic carbocycles. The lowest BCUT2D eigenvalue weighted by molar-refractivity contribution is 0.270. The van der Waals surface area contributed by atoms with Gasteiger partial charge in [0.2, 0.25) is 0 Å². The summed E-state index contributed by atoms with van der Waals surface area (Å²) in [4.78, 5) is 0. The molecule has 0 aromatic carbocycles. The third kappa shape index (κ3) is 2.76. The van der Waals surface area contributed by atoms with E-state index in [2.05, 4.69) is 20.8 Å². The molecule has 12 heavy (non-hydrogen) atoms. The Morgan fingerprint density at radius 3 is 2.50 bits per heavy atom. The van der Waals surface area contributed by atoms with Crippen LogP contribution in [0.25, 0.3) is 0 Å². The van der Waals surface area contributed by atoms with E-state index in [1.165, 1.54) is 24.5 Å². The van der Waals surface area contributed by atoms with Gasteiger partial charge in [0.25, 0.3) is 0 Å². The summed E-state index contributed by atoms with van der Waals surface area (Å²) in [6.45, 7) is 8.06. The fraction of sp³-hybridized carbons (Fsp3) is 1.00. The number of hydrogen-bond donors (Lipinski definition) is 0. The van der Waals surface area contributed by atoms with Gasteiger partial charge >= 0.3 is 14.5 Å². The van der Waals surface area contributed by atoms with E-state index in [-0.39, 0.29) is 0 Å². The van der Waals surface area contributed by atoms with Crippen molar-refractivity contribution < 1.29 is 3.79 Å². The van der Waals surface area contributed by atoms with Gasteiger partial charge in [-0.3, -0.25) is 0 Å². The molecule has 0 amide bonds. The second-order valence-corrected chi connectivity index (χ2v) is 7.07. The highest BCUT2D eigenvalue weighted by Crippen LogP contribution is 2.30. The van der Waals surface area contributed by atoms with Gasteiger partial charge in [0.15, 0.2) is 0 Å². The van der Waals surface area contributed by atoms with Crippen molar-refractivity contribution in [1.29, 1.82) is 0 Å². The Bertz CT molecular complexity index is 119. The van der Waals surface area contributed by atoms with Crippen LogP contribution in [0.1, 0.15) is 40.0 Å². The lowest BCUT2D eigenvalue weighted by Gasteiger charge is -2.28. The highest BCUT2D eigenvalue weighted by Gasteiger charge is 2.33. The van der Waals surface area contributed by atoms with E-state index in [4.69, 9.17) is 3.79 Å². The minimum atomic E-state index is -0.799. The topological polar surface area (TPSA) is 9.23 Å². The minimum absolute atomic E-state index is 0.799. The molecule has 1 rings (SSSR count). The Kier molecular flexibility index (Phi) is 4.64. The van der Waals surface area contributed by atoms with Gasteiger partial charge in [0, 0.05) is 6.61 Å². The number of hydrogen-bond acceptors (Lipinski definition) is 1. The van der Waals surface area contributed by atoms with E-state index in [0.717, 1.165) is 17.3 Å². The van der Waals surface area contributed by atoms with Crippen molar-refractivity contribution in [3.63, 3.8) is 0 Å². The fourth-order valence-electron chi connectivity index (χ4n) is 2.27. The summed E-state index contributed by atoms with van der Waals surface area (Å²) in [5, 5.41) is 1.43. The summed E-state index contributed by atoms with van der Waals surface area (Å²) < 4.78 is 6.85. The zero-order chi connectivity index (χ0) is 8.97. The van der Waals surface area contributed by atoms with Crippen molar-refractivity contribution in [3.05, 3.63) is 0 Å². The van der Waals surface area contributed by atoms with Crippen LogP contribution in [0.15, 0.2) is 0 Å². The first-order valence-electron chi connectivity index (χ1n) is 5.37. The molecule has 0 spiro atoms. The van der Waals surface area contributed by atoms with Crippen molar-refractivity contribution in [3.8, 4) is 0 Å². The van der Waals surface area contributed by atoms with Gasteiger partial charge in [-0.2, -0.15) is 0 Å². The molecule has 1 aliphatic heterocycles.